The molecule has 2 heterocycles. The lowest BCUT2D eigenvalue weighted by Gasteiger charge is -2.31. The second-order valence-corrected chi connectivity index (χ2v) is 4.53. The Labute approximate surface area is 102 Å². The smallest absolute Gasteiger partial charge is 0.127 e. The summed E-state index contributed by atoms with van der Waals surface area (Å²) in [6.45, 7) is 7.77. The van der Waals surface area contributed by atoms with E-state index in [0.717, 1.165) is 43.1 Å². The summed E-state index contributed by atoms with van der Waals surface area (Å²) < 4.78 is 1.86. The molecular weight excluding hydrogens is 214 g/mol. The minimum absolute atomic E-state index is 0.161. The van der Waals surface area contributed by atoms with Crippen molar-refractivity contribution >= 4 is 0 Å². The lowest BCUT2D eigenvalue weighted by atomic mass is 10.0. The highest BCUT2D eigenvalue weighted by Gasteiger charge is 2.26. The summed E-state index contributed by atoms with van der Waals surface area (Å²) in [6.07, 6.45) is 0. The fourth-order valence-electron chi connectivity index (χ4n) is 2.45. The molecule has 0 spiro atoms. The van der Waals surface area contributed by atoms with Crippen molar-refractivity contribution in [2.75, 3.05) is 26.2 Å². The van der Waals surface area contributed by atoms with Gasteiger partial charge in [-0.05, 0) is 13.8 Å². The predicted molar refractivity (Wildman–Crippen MR) is 65.5 cm³/mol. The molecule has 0 aliphatic carbocycles. The van der Waals surface area contributed by atoms with Crippen LogP contribution < -0.4 is 5.32 Å². The van der Waals surface area contributed by atoms with Crippen LogP contribution in [0, 0.1) is 25.2 Å². The van der Waals surface area contributed by atoms with Crippen molar-refractivity contribution in [3.63, 3.8) is 0 Å². The monoisotopic (exact) mass is 233 g/mol. The molecular formula is C12H19N5. The van der Waals surface area contributed by atoms with Gasteiger partial charge in [-0.2, -0.15) is 10.4 Å². The van der Waals surface area contributed by atoms with E-state index in [9.17, 15) is 5.26 Å². The standard InChI is InChI=1S/C12H19N5/c1-9-12(10(2)16(3)15-9)11(8-13)17-6-4-14-5-7-17/h11,14H,4-7H2,1-3H3. The molecule has 0 aromatic carbocycles. The van der Waals surface area contributed by atoms with E-state index in [1.807, 2.05) is 25.6 Å². The molecule has 0 radical (unpaired) electrons. The lowest BCUT2D eigenvalue weighted by Crippen LogP contribution is -2.45. The molecule has 5 nitrogen and oxygen atoms in total. The summed E-state index contributed by atoms with van der Waals surface area (Å²) in [5.74, 6) is 0. The van der Waals surface area contributed by atoms with E-state index in [0.29, 0.717) is 0 Å². The number of nitriles is 1. The van der Waals surface area contributed by atoms with Gasteiger partial charge in [-0.3, -0.25) is 9.58 Å². The third-order valence-corrected chi connectivity index (χ3v) is 3.48. The normalized spacial score (nSPS) is 18.9. The van der Waals surface area contributed by atoms with Crippen molar-refractivity contribution < 1.29 is 0 Å². The number of rotatable bonds is 2. The molecule has 1 aromatic heterocycles. The number of aryl methyl sites for hydroxylation is 2. The Morgan fingerprint density at radius 2 is 2.00 bits per heavy atom. The van der Waals surface area contributed by atoms with Gasteiger partial charge in [0.2, 0.25) is 0 Å². The maximum absolute atomic E-state index is 9.44. The first kappa shape index (κ1) is 12.1. The number of nitrogens with zero attached hydrogens (tertiary/aromatic N) is 4. The number of nitrogens with one attached hydrogen (secondary N) is 1. The molecule has 1 N–H and O–H groups in total. The zero-order valence-corrected chi connectivity index (χ0v) is 10.7. The second-order valence-electron chi connectivity index (χ2n) is 4.53. The summed E-state index contributed by atoms with van der Waals surface area (Å²) in [5, 5.41) is 17.1. The van der Waals surface area contributed by atoms with Crippen LogP contribution in [0.1, 0.15) is 23.0 Å². The fourth-order valence-corrected chi connectivity index (χ4v) is 2.45. The first-order valence-electron chi connectivity index (χ1n) is 5.99. The van der Waals surface area contributed by atoms with E-state index in [1.54, 1.807) is 0 Å². The Hall–Kier alpha value is -1.38. The maximum atomic E-state index is 9.44. The van der Waals surface area contributed by atoms with E-state index in [-0.39, 0.29) is 6.04 Å². The van der Waals surface area contributed by atoms with Gasteiger partial charge in [0, 0.05) is 44.5 Å². The minimum atomic E-state index is -0.161. The van der Waals surface area contributed by atoms with Crippen LogP contribution in [-0.2, 0) is 7.05 Å². The van der Waals surface area contributed by atoms with Crippen LogP contribution >= 0.6 is 0 Å². The number of piperazine rings is 1. The molecule has 1 fully saturated rings. The van der Waals surface area contributed by atoms with Gasteiger partial charge in [0.05, 0.1) is 11.8 Å². The third kappa shape index (κ3) is 2.19. The zero-order valence-electron chi connectivity index (χ0n) is 10.7. The van der Waals surface area contributed by atoms with Gasteiger partial charge in [-0.25, -0.2) is 0 Å². The number of aromatic nitrogens is 2. The van der Waals surface area contributed by atoms with Crippen LogP contribution in [-0.4, -0.2) is 40.9 Å². The van der Waals surface area contributed by atoms with Crippen LogP contribution in [0.15, 0.2) is 0 Å². The molecule has 1 saturated heterocycles. The van der Waals surface area contributed by atoms with E-state index in [4.69, 9.17) is 0 Å². The third-order valence-electron chi connectivity index (χ3n) is 3.48. The molecule has 1 unspecified atom stereocenters. The molecule has 1 aliphatic rings. The quantitative estimate of drug-likeness (QED) is 0.808. The molecule has 0 saturated carbocycles. The molecule has 0 amide bonds. The van der Waals surface area contributed by atoms with Crippen LogP contribution in [0.25, 0.3) is 0 Å². The summed E-state index contributed by atoms with van der Waals surface area (Å²) >= 11 is 0. The van der Waals surface area contributed by atoms with Crippen LogP contribution in [0.2, 0.25) is 0 Å². The highest BCUT2D eigenvalue weighted by Crippen LogP contribution is 2.26. The summed E-state index contributed by atoms with van der Waals surface area (Å²) in [6, 6.07) is 2.27. The van der Waals surface area contributed by atoms with Gasteiger partial charge in [-0.1, -0.05) is 0 Å². The Balaban J connectivity index is 2.31. The van der Waals surface area contributed by atoms with Gasteiger partial charge < -0.3 is 5.32 Å². The minimum Gasteiger partial charge on any atom is -0.314 e. The lowest BCUT2D eigenvalue weighted by molar-refractivity contribution is 0.206. The van der Waals surface area contributed by atoms with Crippen molar-refractivity contribution in [3.8, 4) is 6.07 Å². The van der Waals surface area contributed by atoms with Gasteiger partial charge in [0.15, 0.2) is 0 Å². The van der Waals surface area contributed by atoms with E-state index >= 15 is 0 Å². The molecule has 0 bridgehead atoms. The molecule has 2 rings (SSSR count). The average Bonchev–Trinajstić information content (AvgIpc) is 2.58. The van der Waals surface area contributed by atoms with Crippen LogP contribution in [0.3, 0.4) is 0 Å². The zero-order chi connectivity index (χ0) is 12.4. The summed E-state index contributed by atoms with van der Waals surface area (Å²) in [5.41, 5.74) is 3.14. The first-order chi connectivity index (χ1) is 8.15. The fraction of sp³-hybridized carbons (Fsp3) is 0.667. The Kier molecular flexibility index (Phi) is 3.46. The van der Waals surface area contributed by atoms with Gasteiger partial charge in [0.1, 0.15) is 6.04 Å². The molecule has 5 heteroatoms. The van der Waals surface area contributed by atoms with Crippen molar-refractivity contribution in [3.05, 3.63) is 17.0 Å². The molecule has 17 heavy (non-hydrogen) atoms. The van der Waals surface area contributed by atoms with Gasteiger partial charge >= 0.3 is 0 Å². The molecule has 1 aromatic rings. The Morgan fingerprint density at radius 3 is 2.47 bits per heavy atom. The highest BCUT2D eigenvalue weighted by atomic mass is 15.3. The van der Waals surface area contributed by atoms with Crippen molar-refractivity contribution in [1.82, 2.24) is 20.0 Å². The van der Waals surface area contributed by atoms with Gasteiger partial charge in [0.25, 0.3) is 0 Å². The van der Waals surface area contributed by atoms with Gasteiger partial charge in [-0.15, -0.1) is 0 Å². The highest BCUT2D eigenvalue weighted by molar-refractivity contribution is 5.32. The SMILES string of the molecule is Cc1nn(C)c(C)c1C(C#N)N1CCNCC1. The van der Waals surface area contributed by atoms with Crippen molar-refractivity contribution in [1.29, 1.82) is 5.26 Å². The first-order valence-corrected chi connectivity index (χ1v) is 5.99. The van der Waals surface area contributed by atoms with Crippen LogP contribution in [0.5, 0.6) is 0 Å². The Bertz CT molecular complexity index is 436. The summed E-state index contributed by atoms with van der Waals surface area (Å²) in [4.78, 5) is 2.23. The number of hydrogen-bond donors (Lipinski definition) is 1. The average molecular weight is 233 g/mol. The topological polar surface area (TPSA) is 56.9 Å². The maximum Gasteiger partial charge on any atom is 0.127 e. The van der Waals surface area contributed by atoms with Crippen molar-refractivity contribution in [2.45, 2.75) is 19.9 Å². The molecule has 1 atom stereocenters. The Morgan fingerprint density at radius 1 is 1.35 bits per heavy atom. The van der Waals surface area contributed by atoms with E-state index < -0.39 is 0 Å². The van der Waals surface area contributed by atoms with E-state index in [2.05, 4.69) is 21.4 Å². The predicted octanol–water partition coefficient (Wildman–Crippen LogP) is 0.507. The van der Waals surface area contributed by atoms with Crippen molar-refractivity contribution in [2.24, 2.45) is 7.05 Å². The van der Waals surface area contributed by atoms with Crippen LogP contribution in [0.4, 0.5) is 0 Å². The molecule has 1 aliphatic heterocycles. The molecule has 92 valence electrons. The largest absolute Gasteiger partial charge is 0.314 e. The van der Waals surface area contributed by atoms with E-state index in [1.165, 1.54) is 0 Å². The summed E-state index contributed by atoms with van der Waals surface area (Å²) in [7, 11) is 1.93. The second kappa shape index (κ2) is 4.86. The number of hydrogen-bond acceptors (Lipinski definition) is 4.